The first-order valence-corrected chi connectivity index (χ1v) is 7.74. The van der Waals surface area contributed by atoms with E-state index in [2.05, 4.69) is 5.16 Å². The van der Waals surface area contributed by atoms with Crippen LogP contribution in [0, 0.1) is 5.82 Å². The van der Waals surface area contributed by atoms with Gasteiger partial charge in [-0.3, -0.25) is 4.79 Å². The molecule has 24 heavy (non-hydrogen) atoms. The fourth-order valence-corrected chi connectivity index (χ4v) is 2.99. The number of nitrogens with zero attached hydrogens (tertiary/aromatic N) is 2. The van der Waals surface area contributed by atoms with E-state index in [0.717, 1.165) is 0 Å². The quantitative estimate of drug-likeness (QED) is 0.786. The number of hydrogen-bond donors (Lipinski definition) is 1. The Morgan fingerprint density at radius 1 is 1.25 bits per heavy atom. The third kappa shape index (κ3) is 2.55. The van der Waals surface area contributed by atoms with Gasteiger partial charge in [-0.2, -0.15) is 0 Å². The maximum Gasteiger partial charge on any atom is 0.253 e. The van der Waals surface area contributed by atoms with E-state index in [4.69, 9.17) is 4.52 Å². The molecule has 0 unspecified atom stereocenters. The second-order valence-electron chi connectivity index (χ2n) is 5.94. The molecule has 1 fully saturated rings. The van der Waals surface area contributed by atoms with Crippen molar-refractivity contribution < 1.29 is 18.8 Å². The Morgan fingerprint density at radius 2 is 2.04 bits per heavy atom. The van der Waals surface area contributed by atoms with Crippen LogP contribution >= 0.6 is 0 Å². The van der Waals surface area contributed by atoms with E-state index < -0.39 is 6.10 Å². The molecular weight excluding hydrogens is 311 g/mol. The highest BCUT2D eigenvalue weighted by atomic mass is 19.1. The van der Waals surface area contributed by atoms with Crippen LogP contribution in [0.15, 0.2) is 47.0 Å². The minimum atomic E-state index is -0.456. The SMILES string of the molecule is O=C(c1ccc2noc(-c3ccc(F)cc3)c2c1)N1CC[C@@H](O)C1. The second-order valence-corrected chi connectivity index (χ2v) is 5.94. The molecule has 0 spiro atoms. The summed E-state index contributed by atoms with van der Waals surface area (Å²) in [4.78, 5) is 14.2. The zero-order valence-corrected chi connectivity index (χ0v) is 12.8. The summed E-state index contributed by atoms with van der Waals surface area (Å²) in [6.07, 6.45) is 0.144. The van der Waals surface area contributed by atoms with Gasteiger partial charge < -0.3 is 14.5 Å². The molecule has 0 saturated carbocycles. The van der Waals surface area contributed by atoms with Gasteiger partial charge in [0.2, 0.25) is 0 Å². The molecule has 1 N–H and O–H groups in total. The monoisotopic (exact) mass is 326 g/mol. The Kier molecular flexibility index (Phi) is 3.54. The number of carbonyl (C=O) groups is 1. The van der Waals surface area contributed by atoms with Gasteiger partial charge in [0, 0.05) is 24.2 Å². The lowest BCUT2D eigenvalue weighted by Gasteiger charge is -2.15. The van der Waals surface area contributed by atoms with Gasteiger partial charge in [0.1, 0.15) is 11.3 Å². The van der Waals surface area contributed by atoms with E-state index in [9.17, 15) is 14.3 Å². The number of aliphatic hydroxyl groups is 1. The van der Waals surface area contributed by atoms with Crippen molar-refractivity contribution in [1.82, 2.24) is 10.1 Å². The van der Waals surface area contributed by atoms with Gasteiger partial charge in [0.15, 0.2) is 5.76 Å². The molecule has 5 nitrogen and oxygen atoms in total. The lowest BCUT2D eigenvalue weighted by atomic mass is 10.1. The number of benzene rings is 2. The summed E-state index contributed by atoms with van der Waals surface area (Å²) < 4.78 is 18.5. The highest BCUT2D eigenvalue weighted by Crippen LogP contribution is 2.30. The molecule has 1 aliphatic rings. The Bertz CT molecular complexity index is 904. The zero-order chi connectivity index (χ0) is 16.7. The lowest BCUT2D eigenvalue weighted by molar-refractivity contribution is 0.0765. The van der Waals surface area contributed by atoms with Crippen molar-refractivity contribution in [1.29, 1.82) is 0 Å². The third-order valence-electron chi connectivity index (χ3n) is 4.28. The number of carbonyl (C=O) groups excluding carboxylic acids is 1. The van der Waals surface area contributed by atoms with Crippen molar-refractivity contribution in [2.45, 2.75) is 12.5 Å². The van der Waals surface area contributed by atoms with Gasteiger partial charge in [0.25, 0.3) is 5.91 Å². The zero-order valence-electron chi connectivity index (χ0n) is 12.8. The third-order valence-corrected chi connectivity index (χ3v) is 4.28. The molecule has 1 aromatic heterocycles. The lowest BCUT2D eigenvalue weighted by Crippen LogP contribution is -2.29. The summed E-state index contributed by atoms with van der Waals surface area (Å²) >= 11 is 0. The Morgan fingerprint density at radius 3 is 2.75 bits per heavy atom. The van der Waals surface area contributed by atoms with Crippen molar-refractivity contribution in [2.75, 3.05) is 13.1 Å². The van der Waals surface area contributed by atoms with Crippen LogP contribution in [0.2, 0.25) is 0 Å². The molecule has 3 aromatic rings. The summed E-state index contributed by atoms with van der Waals surface area (Å²) in [7, 11) is 0. The number of likely N-dealkylation sites (tertiary alicyclic amines) is 1. The first kappa shape index (κ1) is 14.8. The number of halogens is 1. The van der Waals surface area contributed by atoms with Gasteiger partial charge in [0.05, 0.1) is 11.5 Å². The number of amides is 1. The molecule has 0 radical (unpaired) electrons. The molecule has 1 saturated heterocycles. The fraction of sp³-hybridized carbons (Fsp3) is 0.222. The fourth-order valence-electron chi connectivity index (χ4n) is 2.99. The van der Waals surface area contributed by atoms with E-state index in [1.165, 1.54) is 12.1 Å². The molecule has 2 aromatic carbocycles. The van der Waals surface area contributed by atoms with Crippen LogP contribution in [-0.4, -0.2) is 40.3 Å². The normalized spacial score (nSPS) is 17.6. The largest absolute Gasteiger partial charge is 0.391 e. The van der Waals surface area contributed by atoms with Crippen LogP contribution in [0.5, 0.6) is 0 Å². The summed E-state index contributed by atoms with van der Waals surface area (Å²) in [6.45, 7) is 0.901. The van der Waals surface area contributed by atoms with E-state index in [0.29, 0.717) is 47.3 Å². The number of aliphatic hydroxyl groups excluding tert-OH is 1. The highest BCUT2D eigenvalue weighted by molar-refractivity contribution is 6.01. The summed E-state index contributed by atoms with van der Waals surface area (Å²) in [5.74, 6) is 0.0480. The molecule has 0 bridgehead atoms. The Labute approximate surface area is 137 Å². The van der Waals surface area contributed by atoms with E-state index in [-0.39, 0.29) is 11.7 Å². The predicted octanol–water partition coefficient (Wildman–Crippen LogP) is 2.84. The van der Waals surface area contributed by atoms with Gasteiger partial charge >= 0.3 is 0 Å². The minimum absolute atomic E-state index is 0.125. The molecular formula is C18H15FN2O3. The molecule has 1 atom stereocenters. The topological polar surface area (TPSA) is 66.6 Å². The molecule has 6 heteroatoms. The van der Waals surface area contributed by atoms with Crippen LogP contribution in [-0.2, 0) is 0 Å². The summed E-state index contributed by atoms with van der Waals surface area (Å²) in [6, 6.07) is 11.1. The highest BCUT2D eigenvalue weighted by Gasteiger charge is 2.26. The summed E-state index contributed by atoms with van der Waals surface area (Å²) in [5, 5.41) is 14.3. The van der Waals surface area contributed by atoms with Crippen LogP contribution in [0.3, 0.4) is 0 Å². The van der Waals surface area contributed by atoms with Crippen molar-refractivity contribution >= 4 is 16.8 Å². The molecule has 4 rings (SSSR count). The standard InChI is InChI=1S/C18H15FN2O3/c19-13-4-1-11(2-5-13)17-15-9-12(3-6-16(15)20-24-17)18(23)21-8-7-14(22)10-21/h1-6,9,14,22H,7-8,10H2/t14-/m1/s1. The number of β-amino-alcohol motifs (C(OH)–C–C–N with tert-alkyl or cyclic N) is 1. The number of hydrogen-bond acceptors (Lipinski definition) is 4. The van der Waals surface area contributed by atoms with E-state index in [1.54, 1.807) is 35.2 Å². The number of rotatable bonds is 2. The van der Waals surface area contributed by atoms with Crippen molar-refractivity contribution in [2.24, 2.45) is 0 Å². The van der Waals surface area contributed by atoms with Crippen LogP contribution in [0.4, 0.5) is 4.39 Å². The molecule has 0 aliphatic carbocycles. The van der Waals surface area contributed by atoms with Gasteiger partial charge in [-0.1, -0.05) is 5.16 Å². The first-order valence-electron chi connectivity index (χ1n) is 7.74. The maximum atomic E-state index is 13.1. The number of aromatic nitrogens is 1. The molecule has 2 heterocycles. The second kappa shape index (κ2) is 5.72. The Balaban J connectivity index is 1.73. The molecule has 1 aliphatic heterocycles. The van der Waals surface area contributed by atoms with Crippen molar-refractivity contribution in [3.05, 3.63) is 53.8 Å². The Hall–Kier alpha value is -2.73. The predicted molar refractivity (Wildman–Crippen MR) is 85.9 cm³/mol. The van der Waals surface area contributed by atoms with Gasteiger partial charge in [-0.15, -0.1) is 0 Å². The van der Waals surface area contributed by atoms with Crippen LogP contribution in [0.1, 0.15) is 16.8 Å². The van der Waals surface area contributed by atoms with Gasteiger partial charge in [-0.05, 0) is 48.9 Å². The average molecular weight is 326 g/mol. The summed E-state index contributed by atoms with van der Waals surface area (Å²) in [5.41, 5.74) is 1.84. The van der Waals surface area contributed by atoms with E-state index >= 15 is 0 Å². The van der Waals surface area contributed by atoms with Crippen LogP contribution < -0.4 is 0 Å². The number of fused-ring (bicyclic) bond motifs is 1. The maximum absolute atomic E-state index is 13.1. The smallest absolute Gasteiger partial charge is 0.253 e. The minimum Gasteiger partial charge on any atom is -0.391 e. The van der Waals surface area contributed by atoms with E-state index in [1.807, 2.05) is 0 Å². The molecule has 1 amide bonds. The van der Waals surface area contributed by atoms with Crippen molar-refractivity contribution in [3.63, 3.8) is 0 Å². The van der Waals surface area contributed by atoms with Crippen LogP contribution in [0.25, 0.3) is 22.2 Å². The average Bonchev–Trinajstić information content (AvgIpc) is 3.21. The molecule has 122 valence electrons. The van der Waals surface area contributed by atoms with Crippen molar-refractivity contribution in [3.8, 4) is 11.3 Å². The first-order chi connectivity index (χ1) is 11.6. The van der Waals surface area contributed by atoms with Gasteiger partial charge in [-0.25, -0.2) is 4.39 Å².